The van der Waals surface area contributed by atoms with E-state index in [2.05, 4.69) is 5.32 Å². The van der Waals surface area contributed by atoms with Crippen molar-refractivity contribution in [3.8, 4) is 11.5 Å². The fourth-order valence-corrected chi connectivity index (χ4v) is 4.25. The molecule has 1 aromatic carbocycles. The number of nitrogens with one attached hydrogen (secondary N) is 1. The third-order valence-corrected chi connectivity index (χ3v) is 5.81. The topological polar surface area (TPSA) is 76.8 Å². The lowest BCUT2D eigenvalue weighted by Gasteiger charge is -2.35. The summed E-state index contributed by atoms with van der Waals surface area (Å²) in [5, 5.41) is 3.56. The van der Waals surface area contributed by atoms with Crippen LogP contribution in [0.5, 0.6) is 11.5 Å². The number of rotatable bonds is 6. The molecule has 1 amide bonds. The molecule has 3 N–H and O–H groups in total. The summed E-state index contributed by atoms with van der Waals surface area (Å²) >= 11 is 0. The lowest BCUT2D eigenvalue weighted by atomic mass is 9.93. The number of hydrogen-bond donors (Lipinski definition) is 2. The second-order valence-corrected chi connectivity index (χ2v) is 7.38. The van der Waals surface area contributed by atoms with Gasteiger partial charge in [0.05, 0.1) is 14.2 Å². The highest BCUT2D eigenvalue weighted by Crippen LogP contribution is 2.33. The lowest BCUT2D eigenvalue weighted by molar-refractivity contribution is -0.137. The minimum atomic E-state index is 0. The van der Waals surface area contributed by atoms with Gasteiger partial charge in [0.15, 0.2) is 0 Å². The first kappa shape index (κ1) is 24.7. The van der Waals surface area contributed by atoms with Crippen LogP contribution in [0.15, 0.2) is 18.2 Å². The molecular weight excluding hydrogens is 401 g/mol. The summed E-state index contributed by atoms with van der Waals surface area (Å²) in [5.74, 6) is 2.39. The number of amides is 1. The van der Waals surface area contributed by atoms with Crippen LogP contribution in [-0.2, 0) is 4.79 Å². The summed E-state index contributed by atoms with van der Waals surface area (Å²) in [6, 6.07) is 6.17. The summed E-state index contributed by atoms with van der Waals surface area (Å²) < 4.78 is 10.7. The zero-order valence-corrected chi connectivity index (χ0v) is 18.3. The molecule has 2 fully saturated rings. The Morgan fingerprint density at radius 1 is 1.07 bits per heavy atom. The Morgan fingerprint density at radius 2 is 1.68 bits per heavy atom. The zero-order chi connectivity index (χ0) is 18.5. The molecule has 2 atom stereocenters. The predicted molar refractivity (Wildman–Crippen MR) is 117 cm³/mol. The molecule has 1 heterocycles. The maximum absolute atomic E-state index is 12.8. The Kier molecular flexibility index (Phi) is 10.2. The zero-order valence-electron chi connectivity index (χ0n) is 16.7. The molecule has 1 aromatic rings. The fraction of sp³-hybridized carbons (Fsp3) is 0.650. The molecule has 1 saturated carbocycles. The van der Waals surface area contributed by atoms with Crippen molar-refractivity contribution < 1.29 is 14.3 Å². The van der Waals surface area contributed by atoms with E-state index in [9.17, 15) is 4.79 Å². The Bertz CT molecular complexity index is 602. The van der Waals surface area contributed by atoms with E-state index in [4.69, 9.17) is 15.2 Å². The van der Waals surface area contributed by atoms with Crippen molar-refractivity contribution >= 4 is 36.4 Å². The van der Waals surface area contributed by atoms with Gasteiger partial charge in [-0.3, -0.25) is 4.79 Å². The number of carbonyl (C=O) groups is 1. The number of nitrogens with two attached hydrogens (primary N) is 1. The highest BCUT2D eigenvalue weighted by Gasteiger charge is 2.35. The molecule has 6 nitrogen and oxygen atoms in total. The molecule has 8 heteroatoms. The Balaban J connectivity index is 0.00000196. The van der Waals surface area contributed by atoms with Gasteiger partial charge in [-0.05, 0) is 38.1 Å². The second-order valence-electron chi connectivity index (χ2n) is 7.38. The number of likely N-dealkylation sites (tertiary alicyclic amines) is 1. The van der Waals surface area contributed by atoms with Gasteiger partial charge in [-0.25, -0.2) is 0 Å². The molecule has 1 aliphatic heterocycles. The molecule has 0 spiro atoms. The van der Waals surface area contributed by atoms with Gasteiger partial charge in [-0.15, -0.1) is 24.8 Å². The van der Waals surface area contributed by atoms with Gasteiger partial charge in [-0.2, -0.15) is 0 Å². The molecule has 160 valence electrons. The van der Waals surface area contributed by atoms with Crippen LogP contribution in [0, 0.1) is 11.8 Å². The van der Waals surface area contributed by atoms with Gasteiger partial charge in [0.2, 0.25) is 5.91 Å². The summed E-state index contributed by atoms with van der Waals surface area (Å²) in [5.41, 5.74) is 6.84. The summed E-state index contributed by atoms with van der Waals surface area (Å²) in [4.78, 5) is 14.9. The summed E-state index contributed by atoms with van der Waals surface area (Å²) in [6.07, 6.45) is 5.13. The van der Waals surface area contributed by atoms with Crippen LogP contribution >= 0.6 is 24.8 Å². The van der Waals surface area contributed by atoms with Crippen molar-refractivity contribution in [3.05, 3.63) is 18.2 Å². The predicted octanol–water partition coefficient (Wildman–Crippen LogP) is 3.33. The first-order valence-electron chi connectivity index (χ1n) is 9.63. The lowest BCUT2D eigenvalue weighted by Crippen LogP contribution is -2.46. The van der Waals surface area contributed by atoms with Crippen LogP contribution in [0.2, 0.25) is 0 Å². The summed E-state index contributed by atoms with van der Waals surface area (Å²) in [7, 11) is 3.31. The number of methoxy groups -OCH3 is 2. The van der Waals surface area contributed by atoms with Crippen LogP contribution in [0.1, 0.15) is 32.1 Å². The first-order chi connectivity index (χ1) is 12.6. The van der Waals surface area contributed by atoms with Crippen molar-refractivity contribution in [2.24, 2.45) is 17.6 Å². The molecule has 0 unspecified atom stereocenters. The molecule has 28 heavy (non-hydrogen) atoms. The number of piperidine rings is 1. The van der Waals surface area contributed by atoms with Gasteiger partial charge >= 0.3 is 0 Å². The van der Waals surface area contributed by atoms with E-state index in [1.54, 1.807) is 14.2 Å². The van der Waals surface area contributed by atoms with Crippen LogP contribution in [0.25, 0.3) is 0 Å². The number of ether oxygens (including phenoxy) is 2. The van der Waals surface area contributed by atoms with Crippen LogP contribution < -0.4 is 20.5 Å². The fourth-order valence-electron chi connectivity index (χ4n) is 4.25. The van der Waals surface area contributed by atoms with Gasteiger partial charge in [0.25, 0.3) is 0 Å². The van der Waals surface area contributed by atoms with Crippen LogP contribution in [0.3, 0.4) is 0 Å². The van der Waals surface area contributed by atoms with Crippen molar-refractivity contribution in [1.82, 2.24) is 4.90 Å². The highest BCUT2D eigenvalue weighted by atomic mass is 35.5. The number of halogens is 2. The van der Waals surface area contributed by atoms with Gasteiger partial charge in [-0.1, -0.05) is 6.42 Å². The van der Waals surface area contributed by atoms with E-state index in [-0.39, 0.29) is 30.7 Å². The quantitative estimate of drug-likeness (QED) is 0.719. The molecule has 1 aliphatic carbocycles. The monoisotopic (exact) mass is 433 g/mol. The number of benzene rings is 1. The Morgan fingerprint density at radius 3 is 2.21 bits per heavy atom. The van der Waals surface area contributed by atoms with Crippen LogP contribution in [0.4, 0.5) is 5.69 Å². The van der Waals surface area contributed by atoms with Crippen molar-refractivity contribution in [2.45, 2.75) is 38.1 Å². The van der Waals surface area contributed by atoms with E-state index in [1.807, 2.05) is 23.1 Å². The average Bonchev–Trinajstić information content (AvgIpc) is 3.16. The minimum Gasteiger partial charge on any atom is -0.497 e. The van der Waals surface area contributed by atoms with Crippen LogP contribution in [-0.4, -0.2) is 50.7 Å². The molecule has 2 aliphatic rings. The number of carbonyl (C=O) groups excluding carboxylic acids is 1. The number of hydrogen-bond acceptors (Lipinski definition) is 5. The van der Waals surface area contributed by atoms with E-state index in [0.29, 0.717) is 24.4 Å². The Labute approximate surface area is 180 Å². The first-order valence-corrected chi connectivity index (χ1v) is 9.63. The smallest absolute Gasteiger partial charge is 0.226 e. The maximum atomic E-state index is 12.8. The van der Waals surface area contributed by atoms with Gasteiger partial charge in [0.1, 0.15) is 11.5 Å². The van der Waals surface area contributed by atoms with Crippen molar-refractivity contribution in [1.29, 1.82) is 0 Å². The third kappa shape index (κ3) is 5.82. The van der Waals surface area contributed by atoms with E-state index < -0.39 is 0 Å². The molecule has 3 rings (SSSR count). The molecule has 0 aromatic heterocycles. The number of anilines is 1. The third-order valence-electron chi connectivity index (χ3n) is 5.81. The van der Waals surface area contributed by atoms with Crippen molar-refractivity contribution in [3.63, 3.8) is 0 Å². The van der Waals surface area contributed by atoms with Gasteiger partial charge < -0.3 is 25.4 Å². The van der Waals surface area contributed by atoms with Crippen molar-refractivity contribution in [2.75, 3.05) is 39.2 Å². The average molecular weight is 434 g/mol. The molecule has 0 radical (unpaired) electrons. The highest BCUT2D eigenvalue weighted by molar-refractivity contribution is 5.85. The summed E-state index contributed by atoms with van der Waals surface area (Å²) in [6.45, 7) is 2.25. The minimum absolute atomic E-state index is 0. The standard InChI is InChI=1S/C20H31N3O3.2ClH/c1-25-17-10-16(11-18(12-17)26-2)22-15-6-8-23(9-7-15)20(24)19-5-3-4-14(19)13-21;;/h10-12,14-15,19,22H,3-9,13,21H2,1-2H3;2*1H/t14-,19-;;/m1../s1. The van der Waals surface area contributed by atoms with E-state index >= 15 is 0 Å². The number of nitrogens with zero attached hydrogens (tertiary/aromatic N) is 1. The largest absolute Gasteiger partial charge is 0.497 e. The molecule has 0 bridgehead atoms. The maximum Gasteiger partial charge on any atom is 0.226 e. The Hall–Kier alpha value is -1.37. The normalized spacial score (nSPS) is 22.0. The SMILES string of the molecule is COc1cc(NC2CCN(C(=O)[C@@H]3CCC[C@@H]3CN)CC2)cc(OC)c1.Cl.Cl. The van der Waals surface area contributed by atoms with Gasteiger partial charge in [0, 0.05) is 48.9 Å². The van der Waals surface area contributed by atoms with E-state index in [0.717, 1.165) is 62.4 Å². The second kappa shape index (κ2) is 11.6. The molecular formula is C20H33Cl2N3O3. The van der Waals surface area contributed by atoms with E-state index in [1.165, 1.54) is 0 Å². The molecule has 1 saturated heterocycles.